The van der Waals surface area contributed by atoms with Crippen molar-refractivity contribution in [2.45, 2.75) is 43.4 Å². The van der Waals surface area contributed by atoms with E-state index < -0.39 is 0 Å². The van der Waals surface area contributed by atoms with Crippen LogP contribution in [0.3, 0.4) is 0 Å². The van der Waals surface area contributed by atoms with Gasteiger partial charge in [-0.3, -0.25) is 9.59 Å². The molecule has 3 nitrogen and oxygen atoms in total. The molecule has 2 atom stereocenters. The monoisotopic (exact) mass is 227 g/mol. The molecule has 1 saturated carbocycles. The van der Waals surface area contributed by atoms with Gasteiger partial charge in [0.15, 0.2) is 0 Å². The molecular formula is C11H17NO2S. The molecule has 1 saturated heterocycles. The fourth-order valence-electron chi connectivity index (χ4n) is 2.62. The maximum absolute atomic E-state index is 11.6. The third-order valence-electron chi connectivity index (χ3n) is 3.45. The largest absolute Gasteiger partial charge is 0.332 e. The Morgan fingerprint density at radius 3 is 2.60 bits per heavy atom. The van der Waals surface area contributed by atoms with Crippen molar-refractivity contribution in [2.75, 3.05) is 12.8 Å². The van der Waals surface area contributed by atoms with Crippen molar-refractivity contribution in [3.8, 4) is 0 Å². The van der Waals surface area contributed by atoms with Gasteiger partial charge in [-0.2, -0.15) is 11.8 Å². The number of ketones is 1. The van der Waals surface area contributed by atoms with Crippen LogP contribution in [-0.2, 0) is 9.59 Å². The Balaban J connectivity index is 2.08. The van der Waals surface area contributed by atoms with Crippen molar-refractivity contribution in [1.29, 1.82) is 0 Å². The lowest BCUT2D eigenvalue weighted by Crippen LogP contribution is -2.45. The van der Waals surface area contributed by atoms with Crippen LogP contribution in [0.15, 0.2) is 0 Å². The average molecular weight is 227 g/mol. The smallest absolute Gasteiger partial charge is 0.290 e. The first-order valence-electron chi connectivity index (χ1n) is 5.60. The van der Waals surface area contributed by atoms with Gasteiger partial charge in [0.25, 0.3) is 5.91 Å². The molecule has 1 aliphatic heterocycles. The molecule has 15 heavy (non-hydrogen) atoms. The Kier molecular flexibility index (Phi) is 3.34. The van der Waals surface area contributed by atoms with Gasteiger partial charge in [0.2, 0.25) is 5.78 Å². The van der Waals surface area contributed by atoms with Crippen molar-refractivity contribution in [1.82, 2.24) is 4.90 Å². The zero-order valence-electron chi connectivity index (χ0n) is 9.07. The number of thioether (sulfide) groups is 1. The van der Waals surface area contributed by atoms with Crippen molar-refractivity contribution >= 4 is 23.5 Å². The molecule has 2 aliphatic rings. The van der Waals surface area contributed by atoms with Crippen molar-refractivity contribution in [3.05, 3.63) is 0 Å². The molecule has 1 heterocycles. The van der Waals surface area contributed by atoms with Gasteiger partial charge in [0, 0.05) is 24.3 Å². The topological polar surface area (TPSA) is 37.4 Å². The number of hydrogen-bond acceptors (Lipinski definition) is 3. The van der Waals surface area contributed by atoms with Gasteiger partial charge in [-0.25, -0.2) is 0 Å². The van der Waals surface area contributed by atoms with Crippen LogP contribution in [0.25, 0.3) is 0 Å². The fourth-order valence-corrected chi connectivity index (χ4v) is 3.62. The lowest BCUT2D eigenvalue weighted by Gasteiger charge is -2.36. The summed E-state index contributed by atoms with van der Waals surface area (Å²) in [4.78, 5) is 24.7. The highest BCUT2D eigenvalue weighted by atomic mass is 32.2. The summed E-state index contributed by atoms with van der Waals surface area (Å²) in [6.07, 6.45) is 7.24. The number of Topliss-reactive ketones (excluding diaryl/α,β-unsaturated/α-hetero) is 1. The molecule has 2 rings (SSSR count). The predicted molar refractivity (Wildman–Crippen MR) is 60.9 cm³/mol. The third-order valence-corrected chi connectivity index (χ3v) is 4.61. The summed E-state index contributed by atoms with van der Waals surface area (Å²) < 4.78 is 0. The van der Waals surface area contributed by atoms with E-state index >= 15 is 0 Å². The van der Waals surface area contributed by atoms with E-state index in [0.717, 1.165) is 6.42 Å². The fraction of sp³-hybridized carbons (Fsp3) is 0.818. The SMILES string of the molecule is CSC1CCCCC1N1CCC(=O)C1=O. The van der Waals surface area contributed by atoms with Crippen LogP contribution < -0.4 is 0 Å². The average Bonchev–Trinajstić information content (AvgIpc) is 2.60. The highest BCUT2D eigenvalue weighted by Gasteiger charge is 2.38. The van der Waals surface area contributed by atoms with E-state index in [2.05, 4.69) is 6.26 Å². The Morgan fingerprint density at radius 1 is 1.27 bits per heavy atom. The van der Waals surface area contributed by atoms with E-state index in [4.69, 9.17) is 0 Å². The maximum Gasteiger partial charge on any atom is 0.290 e. The maximum atomic E-state index is 11.6. The molecule has 84 valence electrons. The molecule has 0 radical (unpaired) electrons. The molecule has 4 heteroatoms. The molecule has 2 fully saturated rings. The molecule has 1 aliphatic carbocycles. The van der Waals surface area contributed by atoms with Crippen LogP contribution in [0.2, 0.25) is 0 Å². The summed E-state index contributed by atoms with van der Waals surface area (Å²) in [5, 5.41) is 0.536. The second kappa shape index (κ2) is 4.56. The number of carbonyl (C=O) groups is 2. The van der Waals surface area contributed by atoms with Gasteiger partial charge in [-0.15, -0.1) is 0 Å². The minimum absolute atomic E-state index is 0.194. The standard InChI is InChI=1S/C11H17NO2S/c1-15-10-5-3-2-4-8(10)12-7-6-9(13)11(12)14/h8,10H,2-7H2,1H3. The van der Waals surface area contributed by atoms with E-state index in [0.29, 0.717) is 24.3 Å². The number of amides is 1. The molecule has 1 amide bonds. The molecule has 2 unspecified atom stereocenters. The van der Waals surface area contributed by atoms with E-state index in [1.54, 1.807) is 0 Å². The predicted octanol–water partition coefficient (Wildman–Crippen LogP) is 1.46. The van der Waals surface area contributed by atoms with Crippen molar-refractivity contribution in [2.24, 2.45) is 0 Å². The van der Waals surface area contributed by atoms with Gasteiger partial charge in [0.1, 0.15) is 0 Å². The normalized spacial score (nSPS) is 32.5. The van der Waals surface area contributed by atoms with Gasteiger partial charge in [0.05, 0.1) is 0 Å². The Morgan fingerprint density at radius 2 is 2.00 bits per heavy atom. The third kappa shape index (κ3) is 2.05. The second-order valence-electron chi connectivity index (χ2n) is 4.30. The Bertz CT molecular complexity index is 280. The van der Waals surface area contributed by atoms with E-state index in [1.165, 1.54) is 19.3 Å². The molecule has 0 aromatic heterocycles. The summed E-state index contributed by atoms with van der Waals surface area (Å²) in [6.45, 7) is 0.652. The van der Waals surface area contributed by atoms with Gasteiger partial charge in [-0.1, -0.05) is 12.8 Å². The Labute approximate surface area is 94.6 Å². The zero-order valence-corrected chi connectivity index (χ0v) is 9.89. The summed E-state index contributed by atoms with van der Waals surface area (Å²) in [5.74, 6) is -0.429. The van der Waals surface area contributed by atoms with Crippen LogP contribution in [0.5, 0.6) is 0 Å². The highest BCUT2D eigenvalue weighted by Crippen LogP contribution is 2.32. The first kappa shape index (κ1) is 11.0. The van der Waals surface area contributed by atoms with Crippen LogP contribution in [0.1, 0.15) is 32.1 Å². The minimum atomic E-state index is -0.235. The summed E-state index contributed by atoms with van der Waals surface area (Å²) in [6, 6.07) is 0.313. The number of rotatable bonds is 2. The molecule has 0 bridgehead atoms. The summed E-state index contributed by atoms with van der Waals surface area (Å²) in [5.41, 5.74) is 0. The van der Waals surface area contributed by atoms with Crippen LogP contribution >= 0.6 is 11.8 Å². The summed E-state index contributed by atoms with van der Waals surface area (Å²) >= 11 is 1.84. The van der Waals surface area contributed by atoms with Crippen molar-refractivity contribution in [3.63, 3.8) is 0 Å². The summed E-state index contributed by atoms with van der Waals surface area (Å²) in [7, 11) is 0. The van der Waals surface area contributed by atoms with Gasteiger partial charge < -0.3 is 4.90 Å². The molecule has 0 spiro atoms. The van der Waals surface area contributed by atoms with Gasteiger partial charge >= 0.3 is 0 Å². The number of hydrogen-bond donors (Lipinski definition) is 0. The quantitative estimate of drug-likeness (QED) is 0.670. The number of carbonyl (C=O) groups excluding carboxylic acids is 2. The zero-order chi connectivity index (χ0) is 10.8. The number of nitrogens with zero attached hydrogens (tertiary/aromatic N) is 1. The van der Waals surface area contributed by atoms with Crippen LogP contribution in [0, 0.1) is 0 Å². The molecule has 0 aromatic carbocycles. The van der Waals surface area contributed by atoms with Gasteiger partial charge in [-0.05, 0) is 19.1 Å². The second-order valence-corrected chi connectivity index (χ2v) is 5.37. The highest BCUT2D eigenvalue weighted by molar-refractivity contribution is 7.99. The van der Waals surface area contributed by atoms with Crippen LogP contribution in [-0.4, -0.2) is 40.7 Å². The Hall–Kier alpha value is -0.510. The van der Waals surface area contributed by atoms with E-state index in [9.17, 15) is 9.59 Å². The van der Waals surface area contributed by atoms with Crippen LogP contribution in [0.4, 0.5) is 0 Å². The lowest BCUT2D eigenvalue weighted by atomic mass is 9.94. The first-order valence-corrected chi connectivity index (χ1v) is 6.89. The van der Waals surface area contributed by atoms with E-state index in [1.807, 2.05) is 16.7 Å². The molecule has 0 N–H and O–H groups in total. The molecular weight excluding hydrogens is 210 g/mol. The van der Waals surface area contributed by atoms with E-state index in [-0.39, 0.29) is 11.7 Å². The minimum Gasteiger partial charge on any atom is -0.332 e. The molecule has 0 aromatic rings. The first-order chi connectivity index (χ1) is 7.24. The number of likely N-dealkylation sites (tertiary alicyclic amines) is 1. The lowest BCUT2D eigenvalue weighted by molar-refractivity contribution is -0.141. The van der Waals surface area contributed by atoms with Crippen molar-refractivity contribution < 1.29 is 9.59 Å².